The van der Waals surface area contributed by atoms with Gasteiger partial charge >= 0.3 is 5.97 Å². The van der Waals surface area contributed by atoms with Gasteiger partial charge in [-0.15, -0.1) is 11.3 Å². The van der Waals surface area contributed by atoms with E-state index in [-0.39, 0.29) is 11.9 Å². The maximum atomic E-state index is 12.4. The third kappa shape index (κ3) is 3.26. The fraction of sp³-hybridized carbons (Fsp3) is 0.350. The molecule has 0 spiro atoms. The van der Waals surface area contributed by atoms with Crippen molar-refractivity contribution >= 4 is 40.5 Å². The van der Waals surface area contributed by atoms with Gasteiger partial charge in [0.2, 0.25) is 0 Å². The first kappa shape index (κ1) is 17.9. The molecule has 2 unspecified atom stereocenters. The lowest BCUT2D eigenvalue weighted by Crippen LogP contribution is -2.31. The summed E-state index contributed by atoms with van der Waals surface area (Å²) >= 11 is 13.8. The van der Waals surface area contributed by atoms with Crippen molar-refractivity contribution in [2.45, 2.75) is 25.9 Å². The van der Waals surface area contributed by atoms with Crippen LogP contribution < -0.4 is 4.74 Å². The quantitative estimate of drug-likeness (QED) is 0.471. The van der Waals surface area contributed by atoms with Crippen molar-refractivity contribution in [3.05, 3.63) is 62.3 Å². The molecule has 26 heavy (non-hydrogen) atoms. The molecule has 1 saturated carbocycles. The van der Waals surface area contributed by atoms with Crippen LogP contribution in [0, 0.1) is 11.3 Å². The van der Waals surface area contributed by atoms with Gasteiger partial charge in [0, 0.05) is 10.8 Å². The highest BCUT2D eigenvalue weighted by Gasteiger charge is 2.55. The maximum absolute atomic E-state index is 12.4. The van der Waals surface area contributed by atoms with Gasteiger partial charge < -0.3 is 9.47 Å². The zero-order valence-corrected chi connectivity index (χ0v) is 16.4. The Morgan fingerprint density at radius 2 is 2.15 bits per heavy atom. The maximum Gasteiger partial charge on any atom is 0.313 e. The van der Waals surface area contributed by atoms with Crippen LogP contribution in [0.25, 0.3) is 0 Å². The average Bonchev–Trinajstić information content (AvgIpc) is 3.22. The SMILES string of the molecule is C=C1CC2COC(=O)C2(Cc2ccc(OCc3ccc(Cl)s3)c(Cl)c2)C1. The third-order valence-electron chi connectivity index (χ3n) is 5.22. The minimum Gasteiger partial charge on any atom is -0.487 e. The van der Waals surface area contributed by atoms with Crippen LogP contribution in [0.4, 0.5) is 0 Å². The molecule has 3 nitrogen and oxygen atoms in total. The number of allylic oxidation sites excluding steroid dienone is 1. The van der Waals surface area contributed by atoms with Crippen molar-refractivity contribution in [1.29, 1.82) is 0 Å². The van der Waals surface area contributed by atoms with Crippen LogP contribution in [-0.2, 0) is 22.6 Å². The highest BCUT2D eigenvalue weighted by Crippen LogP contribution is 2.52. The lowest BCUT2D eigenvalue weighted by atomic mass is 9.75. The lowest BCUT2D eigenvalue weighted by molar-refractivity contribution is -0.146. The standard InChI is InChI=1S/C20H18Cl2O3S/c1-12-6-14-10-25-19(23)20(14,8-12)9-13-2-4-17(16(21)7-13)24-11-15-3-5-18(22)26-15/h2-5,7,14H,1,6,8-11H2. The lowest BCUT2D eigenvalue weighted by Gasteiger charge is -2.24. The molecule has 0 N–H and O–H groups in total. The summed E-state index contributed by atoms with van der Waals surface area (Å²) in [6.45, 7) is 5.00. The molecule has 0 radical (unpaired) electrons. The zero-order valence-electron chi connectivity index (χ0n) is 14.1. The van der Waals surface area contributed by atoms with Crippen LogP contribution in [0.15, 0.2) is 42.5 Å². The molecule has 2 aliphatic rings. The Morgan fingerprint density at radius 3 is 2.88 bits per heavy atom. The summed E-state index contributed by atoms with van der Waals surface area (Å²) in [6.07, 6.45) is 2.19. The predicted molar refractivity (Wildman–Crippen MR) is 104 cm³/mol. The van der Waals surface area contributed by atoms with Crippen LogP contribution in [0.3, 0.4) is 0 Å². The summed E-state index contributed by atoms with van der Waals surface area (Å²) in [7, 11) is 0. The number of fused-ring (bicyclic) bond motifs is 1. The van der Waals surface area contributed by atoms with E-state index in [2.05, 4.69) is 6.58 Å². The van der Waals surface area contributed by atoms with Crippen LogP contribution in [-0.4, -0.2) is 12.6 Å². The first-order chi connectivity index (χ1) is 12.5. The Hall–Kier alpha value is -1.49. The molecule has 2 fully saturated rings. The van der Waals surface area contributed by atoms with Gasteiger partial charge in [-0.3, -0.25) is 4.79 Å². The van der Waals surface area contributed by atoms with E-state index in [0.29, 0.717) is 36.8 Å². The number of carbonyl (C=O) groups is 1. The van der Waals surface area contributed by atoms with Gasteiger partial charge in [-0.25, -0.2) is 0 Å². The van der Waals surface area contributed by atoms with Gasteiger partial charge in [0.05, 0.1) is 21.4 Å². The molecule has 1 aromatic heterocycles. The van der Waals surface area contributed by atoms with Gasteiger partial charge in [0.15, 0.2) is 0 Å². The number of rotatable bonds is 5. The van der Waals surface area contributed by atoms with E-state index in [1.165, 1.54) is 11.3 Å². The first-order valence-electron chi connectivity index (χ1n) is 8.45. The number of hydrogen-bond acceptors (Lipinski definition) is 4. The average molecular weight is 409 g/mol. The molecule has 136 valence electrons. The molecule has 2 heterocycles. The smallest absolute Gasteiger partial charge is 0.313 e. The van der Waals surface area contributed by atoms with Gasteiger partial charge in [-0.05, 0) is 49.1 Å². The molecule has 2 atom stereocenters. The second kappa shape index (κ2) is 6.91. The Bertz CT molecular complexity index is 876. The summed E-state index contributed by atoms with van der Waals surface area (Å²) < 4.78 is 11.9. The van der Waals surface area contributed by atoms with Crippen molar-refractivity contribution in [2.75, 3.05) is 6.61 Å². The highest BCUT2D eigenvalue weighted by molar-refractivity contribution is 7.16. The summed E-state index contributed by atoms with van der Waals surface area (Å²) in [5.74, 6) is 0.742. The van der Waals surface area contributed by atoms with Gasteiger partial charge in [0.1, 0.15) is 12.4 Å². The van der Waals surface area contributed by atoms with Gasteiger partial charge in [-0.2, -0.15) is 0 Å². The van der Waals surface area contributed by atoms with Crippen molar-refractivity contribution in [3.63, 3.8) is 0 Å². The molecule has 1 saturated heterocycles. The number of ether oxygens (including phenoxy) is 2. The van der Waals surface area contributed by atoms with Crippen molar-refractivity contribution < 1.29 is 14.3 Å². The van der Waals surface area contributed by atoms with Gasteiger partial charge in [0.25, 0.3) is 0 Å². The zero-order chi connectivity index (χ0) is 18.3. The van der Waals surface area contributed by atoms with Crippen molar-refractivity contribution in [2.24, 2.45) is 11.3 Å². The Morgan fingerprint density at radius 1 is 1.31 bits per heavy atom. The predicted octanol–water partition coefficient (Wildman–Crippen LogP) is 5.69. The first-order valence-corrected chi connectivity index (χ1v) is 10.0. The van der Waals surface area contributed by atoms with Crippen LogP contribution in [0.5, 0.6) is 5.75 Å². The topological polar surface area (TPSA) is 35.5 Å². The summed E-state index contributed by atoms with van der Waals surface area (Å²) in [5.41, 5.74) is 1.67. The van der Waals surface area contributed by atoms with E-state index >= 15 is 0 Å². The molecule has 0 bridgehead atoms. The van der Waals surface area contributed by atoms with Crippen molar-refractivity contribution in [1.82, 2.24) is 0 Å². The molecular formula is C20H18Cl2O3S. The number of carbonyl (C=O) groups excluding carboxylic acids is 1. The van der Waals surface area contributed by atoms with E-state index in [1.54, 1.807) is 0 Å². The van der Waals surface area contributed by atoms with Gasteiger partial charge in [-0.1, -0.05) is 41.4 Å². The highest BCUT2D eigenvalue weighted by atomic mass is 35.5. The molecule has 2 aromatic rings. The minimum atomic E-state index is -0.476. The van der Waals surface area contributed by atoms with E-state index < -0.39 is 5.41 Å². The molecule has 1 aliphatic heterocycles. The van der Waals surface area contributed by atoms with Crippen molar-refractivity contribution in [3.8, 4) is 5.75 Å². The molecule has 1 aliphatic carbocycles. The second-order valence-electron chi connectivity index (χ2n) is 7.02. The number of benzene rings is 1. The number of halogens is 2. The molecule has 0 amide bonds. The fourth-order valence-electron chi connectivity index (χ4n) is 3.98. The summed E-state index contributed by atoms with van der Waals surface area (Å²) in [6, 6.07) is 9.51. The largest absolute Gasteiger partial charge is 0.487 e. The Balaban J connectivity index is 1.49. The summed E-state index contributed by atoms with van der Waals surface area (Å²) in [4.78, 5) is 13.4. The van der Waals surface area contributed by atoms with Crippen LogP contribution in [0.1, 0.15) is 23.3 Å². The third-order valence-corrected chi connectivity index (χ3v) is 6.72. The number of esters is 1. The number of cyclic esters (lactones) is 1. The van der Waals surface area contributed by atoms with E-state index in [4.69, 9.17) is 32.7 Å². The normalized spacial score (nSPS) is 24.6. The van der Waals surface area contributed by atoms with E-state index in [1.807, 2.05) is 30.3 Å². The molecule has 4 rings (SSSR count). The monoisotopic (exact) mass is 408 g/mol. The van der Waals surface area contributed by atoms with E-state index in [0.717, 1.165) is 26.8 Å². The fourth-order valence-corrected chi connectivity index (χ4v) is 5.24. The number of hydrogen-bond donors (Lipinski definition) is 0. The Kier molecular flexibility index (Phi) is 4.76. The Labute approximate surface area is 166 Å². The van der Waals surface area contributed by atoms with Crippen LogP contribution >= 0.6 is 34.5 Å². The number of thiophene rings is 1. The second-order valence-corrected chi connectivity index (χ2v) is 9.23. The van der Waals surface area contributed by atoms with E-state index in [9.17, 15) is 4.79 Å². The minimum absolute atomic E-state index is 0.104. The molecule has 6 heteroatoms. The molecule has 1 aromatic carbocycles. The molecular weight excluding hydrogens is 391 g/mol. The summed E-state index contributed by atoms with van der Waals surface area (Å²) in [5, 5.41) is 0.543. The van der Waals surface area contributed by atoms with Crippen LogP contribution in [0.2, 0.25) is 9.36 Å².